The van der Waals surface area contributed by atoms with Gasteiger partial charge < -0.3 is 9.47 Å². The van der Waals surface area contributed by atoms with E-state index in [0.717, 1.165) is 72.2 Å². The van der Waals surface area contributed by atoms with Gasteiger partial charge in [0.25, 0.3) is 16.8 Å². The van der Waals surface area contributed by atoms with E-state index in [0.29, 0.717) is 16.3 Å². The Balaban J connectivity index is 1.43. The molecule has 0 spiro atoms. The van der Waals surface area contributed by atoms with Crippen molar-refractivity contribution in [2.75, 3.05) is 18.0 Å². The van der Waals surface area contributed by atoms with E-state index in [2.05, 4.69) is 4.90 Å². The lowest BCUT2D eigenvalue weighted by Crippen LogP contribution is -2.30. The molecule has 2 aromatic carbocycles. The first-order valence-corrected chi connectivity index (χ1v) is 13.6. The van der Waals surface area contributed by atoms with E-state index in [1.807, 2.05) is 67.8 Å². The zero-order chi connectivity index (χ0) is 27.0. The Hall–Kier alpha value is -3.85. The molecule has 8 nitrogen and oxygen atoms in total. The summed E-state index contributed by atoms with van der Waals surface area (Å²) in [5.74, 6) is -0.313. The Morgan fingerprint density at radius 3 is 2.37 bits per heavy atom. The number of nitrogens with zero attached hydrogens (tertiary/aromatic N) is 4. The summed E-state index contributed by atoms with van der Waals surface area (Å²) in [6, 6.07) is 15.1. The number of benzene rings is 2. The number of imide groups is 1. The average molecular weight is 531 g/mol. The van der Waals surface area contributed by atoms with Gasteiger partial charge in [-0.2, -0.15) is 0 Å². The van der Waals surface area contributed by atoms with Gasteiger partial charge in [-0.15, -0.1) is 0 Å². The van der Waals surface area contributed by atoms with Crippen molar-refractivity contribution < 1.29 is 14.5 Å². The van der Waals surface area contributed by atoms with E-state index < -0.39 is 0 Å². The van der Waals surface area contributed by atoms with Gasteiger partial charge in [0.2, 0.25) is 0 Å². The third kappa shape index (κ3) is 4.98. The van der Waals surface area contributed by atoms with E-state index >= 15 is 0 Å². The molecule has 0 bridgehead atoms. The summed E-state index contributed by atoms with van der Waals surface area (Å²) in [6.07, 6.45) is 4.97. The second-order valence-electron chi connectivity index (χ2n) is 9.89. The van der Waals surface area contributed by atoms with Crippen LogP contribution < -0.4 is 4.90 Å². The molecule has 5 rings (SSSR count). The van der Waals surface area contributed by atoms with Crippen molar-refractivity contribution in [3.05, 3.63) is 91.6 Å². The van der Waals surface area contributed by atoms with Gasteiger partial charge in [0, 0.05) is 30.5 Å². The van der Waals surface area contributed by atoms with Crippen LogP contribution in [0.2, 0.25) is 0 Å². The molecule has 2 aliphatic rings. The number of rotatable bonds is 6. The summed E-state index contributed by atoms with van der Waals surface area (Å²) >= 11 is 0.937. The number of nitro benzene ring substituents is 1. The van der Waals surface area contributed by atoms with Crippen molar-refractivity contribution in [2.24, 2.45) is 0 Å². The van der Waals surface area contributed by atoms with Crippen LogP contribution in [0.1, 0.15) is 47.3 Å². The summed E-state index contributed by atoms with van der Waals surface area (Å²) < 4.78 is 1.95. The summed E-state index contributed by atoms with van der Waals surface area (Å²) in [6.45, 7) is 7.71. The average Bonchev–Trinajstić information content (AvgIpc) is 3.34. The minimum atomic E-state index is -0.313. The normalized spacial score (nSPS) is 17.1. The molecule has 2 fully saturated rings. The maximum absolute atomic E-state index is 13.1. The zero-order valence-electron chi connectivity index (χ0n) is 21.8. The maximum atomic E-state index is 13.1. The van der Waals surface area contributed by atoms with Crippen LogP contribution in [0.25, 0.3) is 11.8 Å². The predicted molar refractivity (Wildman–Crippen MR) is 151 cm³/mol. The Bertz CT molecular complexity index is 1450. The van der Waals surface area contributed by atoms with Crippen molar-refractivity contribution >= 4 is 40.4 Å². The molecule has 2 saturated heterocycles. The number of carbonyl (C=O) groups excluding carboxylic acids is 2. The van der Waals surface area contributed by atoms with E-state index in [1.54, 1.807) is 12.1 Å². The van der Waals surface area contributed by atoms with E-state index in [1.165, 1.54) is 4.90 Å². The molecule has 1 aromatic heterocycles. The molecule has 2 aliphatic heterocycles. The lowest BCUT2D eigenvalue weighted by atomic mass is 10.1. The van der Waals surface area contributed by atoms with Crippen molar-refractivity contribution in [2.45, 2.75) is 46.6 Å². The van der Waals surface area contributed by atoms with Crippen LogP contribution in [0.5, 0.6) is 0 Å². The number of carbonyl (C=O) groups is 2. The summed E-state index contributed by atoms with van der Waals surface area (Å²) in [5, 5.41) is 11.7. The fourth-order valence-corrected chi connectivity index (χ4v) is 6.01. The number of amides is 2. The SMILES string of the molecule is Cc1ccc(CN2C(=O)S/C(=C\c3cc(C)n(-c4ccc(N5CCCCC5)c([N+](=O)[O-])c4)c3C)C2=O)cc1. The number of aryl methyl sites for hydroxylation is 2. The van der Waals surface area contributed by atoms with Crippen LogP contribution in [0.4, 0.5) is 16.2 Å². The third-order valence-electron chi connectivity index (χ3n) is 7.20. The first-order valence-electron chi connectivity index (χ1n) is 12.8. The van der Waals surface area contributed by atoms with E-state index in [-0.39, 0.29) is 28.3 Å². The van der Waals surface area contributed by atoms with Crippen LogP contribution in [0.15, 0.2) is 53.4 Å². The van der Waals surface area contributed by atoms with Gasteiger partial charge in [0.15, 0.2) is 0 Å². The molecule has 196 valence electrons. The largest absolute Gasteiger partial charge is 0.366 e. The Morgan fingerprint density at radius 1 is 0.974 bits per heavy atom. The number of hydrogen-bond acceptors (Lipinski definition) is 6. The Morgan fingerprint density at radius 2 is 1.68 bits per heavy atom. The van der Waals surface area contributed by atoms with Crippen molar-refractivity contribution in [1.82, 2.24) is 9.47 Å². The standard InChI is InChI=1S/C29H30N4O4S/c1-19-7-9-22(10-8-19)18-31-28(34)27(38-29(31)35)16-23-15-20(2)32(21(23)3)24-11-12-25(26(17-24)33(36)37)30-13-5-4-6-14-30/h7-12,15-17H,4-6,13-14,18H2,1-3H3/b27-16-. The molecule has 0 radical (unpaired) electrons. The van der Waals surface area contributed by atoms with Crippen LogP contribution in [-0.2, 0) is 11.3 Å². The van der Waals surface area contributed by atoms with Crippen molar-refractivity contribution in [3.8, 4) is 5.69 Å². The molecule has 0 N–H and O–H groups in total. The second kappa shape index (κ2) is 10.5. The van der Waals surface area contributed by atoms with Gasteiger partial charge in [0.1, 0.15) is 5.69 Å². The zero-order valence-corrected chi connectivity index (χ0v) is 22.6. The molecular formula is C29H30N4O4S. The third-order valence-corrected chi connectivity index (χ3v) is 8.11. The van der Waals surface area contributed by atoms with Gasteiger partial charge in [-0.05, 0) is 87.2 Å². The number of nitro groups is 1. The van der Waals surface area contributed by atoms with Crippen molar-refractivity contribution in [1.29, 1.82) is 0 Å². The van der Waals surface area contributed by atoms with Crippen molar-refractivity contribution in [3.63, 3.8) is 0 Å². The van der Waals surface area contributed by atoms with E-state index in [4.69, 9.17) is 0 Å². The Labute approximate surface area is 226 Å². The van der Waals surface area contributed by atoms with Gasteiger partial charge >= 0.3 is 0 Å². The van der Waals surface area contributed by atoms with Gasteiger partial charge in [-0.1, -0.05) is 29.8 Å². The number of thioether (sulfide) groups is 1. The lowest BCUT2D eigenvalue weighted by Gasteiger charge is -2.28. The molecule has 38 heavy (non-hydrogen) atoms. The molecule has 3 heterocycles. The van der Waals surface area contributed by atoms with Crippen LogP contribution >= 0.6 is 11.8 Å². The summed E-state index contributed by atoms with van der Waals surface area (Å²) in [4.78, 5) is 41.2. The fourth-order valence-electron chi connectivity index (χ4n) is 5.18. The van der Waals surface area contributed by atoms with Crippen LogP contribution in [0.3, 0.4) is 0 Å². The number of piperidine rings is 1. The molecule has 9 heteroatoms. The number of aromatic nitrogens is 1. The van der Waals surface area contributed by atoms with Gasteiger partial charge in [-0.3, -0.25) is 24.6 Å². The maximum Gasteiger partial charge on any atom is 0.294 e. The highest BCUT2D eigenvalue weighted by Gasteiger charge is 2.35. The first-order chi connectivity index (χ1) is 18.2. The topological polar surface area (TPSA) is 88.7 Å². The molecule has 0 saturated carbocycles. The first kappa shape index (κ1) is 25.8. The summed E-state index contributed by atoms with van der Waals surface area (Å²) in [5.41, 5.74) is 5.97. The molecule has 0 unspecified atom stereocenters. The molecule has 0 aliphatic carbocycles. The fraction of sp³-hybridized carbons (Fsp3) is 0.310. The minimum Gasteiger partial charge on any atom is -0.366 e. The molecule has 0 atom stereocenters. The highest BCUT2D eigenvalue weighted by Crippen LogP contribution is 2.36. The van der Waals surface area contributed by atoms with Crippen LogP contribution in [0, 0.1) is 30.9 Å². The number of hydrogen-bond donors (Lipinski definition) is 0. The summed E-state index contributed by atoms with van der Waals surface area (Å²) in [7, 11) is 0. The quantitative estimate of drug-likeness (QED) is 0.204. The van der Waals surface area contributed by atoms with E-state index in [9.17, 15) is 19.7 Å². The molecular weight excluding hydrogens is 500 g/mol. The predicted octanol–water partition coefficient (Wildman–Crippen LogP) is 6.54. The second-order valence-corrected chi connectivity index (χ2v) is 10.9. The molecule has 3 aromatic rings. The van der Waals surface area contributed by atoms with Gasteiger partial charge in [-0.25, -0.2) is 0 Å². The number of anilines is 1. The van der Waals surface area contributed by atoms with Gasteiger partial charge in [0.05, 0.1) is 22.1 Å². The highest BCUT2D eigenvalue weighted by molar-refractivity contribution is 8.18. The smallest absolute Gasteiger partial charge is 0.294 e. The lowest BCUT2D eigenvalue weighted by molar-refractivity contribution is -0.384. The minimum absolute atomic E-state index is 0.0932. The Kier molecular flexibility index (Phi) is 7.12. The highest BCUT2D eigenvalue weighted by atomic mass is 32.2. The monoisotopic (exact) mass is 530 g/mol. The molecule has 2 amide bonds. The van der Waals surface area contributed by atoms with Crippen LogP contribution in [-0.4, -0.2) is 38.6 Å².